The van der Waals surface area contributed by atoms with E-state index in [0.29, 0.717) is 0 Å². The number of nitro groups is 1. The number of carbonyl (C=O) groups excluding carboxylic acids is 1. The number of rotatable bonds is 5. The lowest BCUT2D eigenvalue weighted by molar-refractivity contribution is -0.386. The zero-order valence-corrected chi connectivity index (χ0v) is 10.4. The minimum absolute atomic E-state index is 0.0402. The van der Waals surface area contributed by atoms with Gasteiger partial charge in [0.25, 0.3) is 0 Å². The predicted octanol–water partition coefficient (Wildman–Crippen LogP) is 1.45. The summed E-state index contributed by atoms with van der Waals surface area (Å²) in [4.78, 5) is 31.7. The van der Waals surface area contributed by atoms with E-state index in [2.05, 4.69) is 0 Å². The molecule has 0 unspecified atom stereocenters. The van der Waals surface area contributed by atoms with Crippen LogP contribution in [0, 0.1) is 10.1 Å². The van der Waals surface area contributed by atoms with Gasteiger partial charge in [0.05, 0.1) is 11.3 Å². The summed E-state index contributed by atoms with van der Waals surface area (Å²) in [5.41, 5.74) is -0.787. The molecule has 0 spiro atoms. The van der Waals surface area contributed by atoms with Crippen LogP contribution in [0.1, 0.15) is 18.9 Å². The maximum absolute atomic E-state index is 11.3. The van der Waals surface area contributed by atoms with Gasteiger partial charge < -0.3 is 15.3 Å². The molecule has 0 radical (unpaired) electrons. The highest BCUT2D eigenvalue weighted by atomic mass is 16.6. The lowest BCUT2D eigenvalue weighted by Gasteiger charge is -2.03. The van der Waals surface area contributed by atoms with E-state index in [1.54, 1.807) is 0 Å². The fourth-order valence-electron chi connectivity index (χ4n) is 1.49. The molecule has 1 aromatic rings. The molecule has 20 heavy (non-hydrogen) atoms. The van der Waals surface area contributed by atoms with Gasteiger partial charge >= 0.3 is 11.7 Å². The summed E-state index contributed by atoms with van der Waals surface area (Å²) in [5.74, 6) is -3.37. The maximum Gasteiger partial charge on any atom is 0.315 e. The number of ketones is 1. The van der Waals surface area contributed by atoms with Gasteiger partial charge in [-0.25, -0.2) is 0 Å². The number of benzene rings is 1. The molecule has 0 amide bonds. The van der Waals surface area contributed by atoms with Gasteiger partial charge in [-0.3, -0.25) is 19.7 Å². The first-order valence-electron chi connectivity index (χ1n) is 5.36. The second-order valence-corrected chi connectivity index (χ2v) is 3.96. The SMILES string of the molecule is CC(=O)/C(=C/c1cc(O)c(O)c([N+](=O)[O-])c1)CC(=O)O. The molecule has 0 fully saturated rings. The highest BCUT2D eigenvalue weighted by Crippen LogP contribution is 2.36. The Morgan fingerprint density at radius 2 is 1.95 bits per heavy atom. The summed E-state index contributed by atoms with van der Waals surface area (Å²) >= 11 is 0. The summed E-state index contributed by atoms with van der Waals surface area (Å²) in [5, 5.41) is 38.0. The van der Waals surface area contributed by atoms with Crippen LogP contribution in [-0.4, -0.2) is 32.0 Å². The molecule has 106 valence electrons. The molecule has 3 N–H and O–H groups in total. The van der Waals surface area contributed by atoms with Crippen molar-refractivity contribution in [3.63, 3.8) is 0 Å². The molecular weight excluding hydrogens is 270 g/mol. The van der Waals surface area contributed by atoms with Gasteiger partial charge in [0.15, 0.2) is 11.5 Å². The smallest absolute Gasteiger partial charge is 0.315 e. The van der Waals surface area contributed by atoms with E-state index in [1.807, 2.05) is 0 Å². The van der Waals surface area contributed by atoms with Crippen LogP contribution >= 0.6 is 0 Å². The molecule has 1 aromatic carbocycles. The Balaban J connectivity index is 3.35. The van der Waals surface area contributed by atoms with Crippen LogP contribution in [0.5, 0.6) is 11.5 Å². The van der Waals surface area contributed by atoms with Crippen molar-refractivity contribution < 1.29 is 29.8 Å². The number of phenols is 2. The van der Waals surface area contributed by atoms with E-state index in [9.17, 15) is 29.9 Å². The lowest BCUT2D eigenvalue weighted by Crippen LogP contribution is -2.04. The van der Waals surface area contributed by atoms with Crippen molar-refractivity contribution in [1.82, 2.24) is 0 Å². The average Bonchev–Trinajstić information content (AvgIpc) is 2.31. The standard InChI is InChI=1S/C12H11NO7/c1-6(14)8(5-11(16)17)2-7-3-9(13(19)20)12(18)10(15)4-7/h2-4,15,18H,5H2,1H3,(H,16,17)/b8-2+. The summed E-state index contributed by atoms with van der Waals surface area (Å²) < 4.78 is 0. The van der Waals surface area contributed by atoms with Crippen LogP contribution in [0.4, 0.5) is 5.69 Å². The van der Waals surface area contributed by atoms with E-state index in [1.165, 1.54) is 0 Å². The largest absolute Gasteiger partial charge is 0.504 e. The molecule has 0 aliphatic rings. The third-order valence-corrected chi connectivity index (χ3v) is 2.42. The number of aromatic hydroxyl groups is 2. The summed E-state index contributed by atoms with van der Waals surface area (Å²) in [6.45, 7) is 1.16. The Kier molecular flexibility index (Phi) is 4.42. The molecule has 0 heterocycles. The normalized spacial score (nSPS) is 11.2. The van der Waals surface area contributed by atoms with Gasteiger partial charge in [-0.2, -0.15) is 0 Å². The van der Waals surface area contributed by atoms with Crippen molar-refractivity contribution in [2.24, 2.45) is 0 Å². The van der Waals surface area contributed by atoms with Crippen LogP contribution in [0.3, 0.4) is 0 Å². The van der Waals surface area contributed by atoms with Crippen molar-refractivity contribution in [1.29, 1.82) is 0 Å². The third kappa shape index (κ3) is 3.55. The molecule has 0 aromatic heterocycles. The van der Waals surface area contributed by atoms with Crippen molar-refractivity contribution in [3.05, 3.63) is 33.4 Å². The predicted molar refractivity (Wildman–Crippen MR) is 67.3 cm³/mol. The Morgan fingerprint density at radius 3 is 2.40 bits per heavy atom. The van der Waals surface area contributed by atoms with Gasteiger partial charge in [-0.15, -0.1) is 0 Å². The number of carbonyl (C=O) groups is 2. The molecule has 0 aliphatic carbocycles. The van der Waals surface area contributed by atoms with Crippen LogP contribution < -0.4 is 0 Å². The summed E-state index contributed by atoms with van der Waals surface area (Å²) in [7, 11) is 0. The first-order chi connectivity index (χ1) is 9.22. The molecular formula is C12H11NO7. The number of carboxylic acids is 1. The van der Waals surface area contributed by atoms with Gasteiger partial charge in [-0.1, -0.05) is 0 Å². The number of aliphatic carboxylic acids is 1. The average molecular weight is 281 g/mol. The fraction of sp³-hybridized carbons (Fsp3) is 0.167. The number of hydrogen-bond donors (Lipinski definition) is 3. The maximum atomic E-state index is 11.3. The fourth-order valence-corrected chi connectivity index (χ4v) is 1.49. The monoisotopic (exact) mass is 281 g/mol. The highest BCUT2D eigenvalue weighted by Gasteiger charge is 2.19. The first-order valence-corrected chi connectivity index (χ1v) is 5.36. The minimum Gasteiger partial charge on any atom is -0.504 e. The molecule has 0 atom stereocenters. The number of phenolic OH excluding ortho intramolecular Hbond substituents is 2. The Bertz CT molecular complexity index is 618. The molecule has 0 bridgehead atoms. The van der Waals surface area contributed by atoms with Crippen molar-refractivity contribution in [2.45, 2.75) is 13.3 Å². The van der Waals surface area contributed by atoms with E-state index < -0.39 is 40.3 Å². The van der Waals surface area contributed by atoms with Crippen LogP contribution in [-0.2, 0) is 9.59 Å². The topological polar surface area (TPSA) is 138 Å². The van der Waals surface area contributed by atoms with Gasteiger partial charge in [0, 0.05) is 11.6 Å². The Morgan fingerprint density at radius 1 is 1.35 bits per heavy atom. The van der Waals surface area contributed by atoms with Crippen molar-refractivity contribution in [3.8, 4) is 11.5 Å². The Hall–Kier alpha value is -2.90. The van der Waals surface area contributed by atoms with Crippen molar-refractivity contribution in [2.75, 3.05) is 0 Å². The lowest BCUT2D eigenvalue weighted by atomic mass is 10.0. The number of nitro benzene ring substituents is 1. The number of hydrogen-bond acceptors (Lipinski definition) is 6. The van der Waals surface area contributed by atoms with Crippen LogP contribution in [0.25, 0.3) is 6.08 Å². The molecule has 0 saturated heterocycles. The number of Topliss-reactive ketones (excluding diaryl/α,β-unsaturated/α-hetero) is 1. The van der Waals surface area contributed by atoms with Gasteiger partial charge in [0.1, 0.15) is 0 Å². The van der Waals surface area contributed by atoms with E-state index in [0.717, 1.165) is 25.1 Å². The zero-order chi connectivity index (χ0) is 15.4. The molecule has 8 nitrogen and oxygen atoms in total. The van der Waals surface area contributed by atoms with E-state index in [-0.39, 0.29) is 11.1 Å². The van der Waals surface area contributed by atoms with E-state index in [4.69, 9.17) is 5.11 Å². The van der Waals surface area contributed by atoms with Gasteiger partial charge in [-0.05, 0) is 24.6 Å². The molecule has 0 saturated carbocycles. The highest BCUT2D eigenvalue weighted by molar-refractivity contribution is 6.01. The molecule has 0 aliphatic heterocycles. The third-order valence-electron chi connectivity index (χ3n) is 2.42. The summed E-state index contributed by atoms with van der Waals surface area (Å²) in [6.07, 6.45) is 0.563. The first kappa shape index (κ1) is 15.2. The summed E-state index contributed by atoms with van der Waals surface area (Å²) in [6, 6.07) is 1.92. The van der Waals surface area contributed by atoms with Gasteiger partial charge in [0.2, 0.25) is 5.75 Å². The van der Waals surface area contributed by atoms with Crippen molar-refractivity contribution >= 4 is 23.5 Å². The minimum atomic E-state index is -1.23. The molecule has 1 rings (SSSR count). The Labute approximate surface area is 112 Å². The number of nitrogens with zero attached hydrogens (tertiary/aromatic N) is 1. The zero-order valence-electron chi connectivity index (χ0n) is 10.4. The molecule has 8 heteroatoms. The number of carboxylic acid groups (broad SMARTS) is 1. The van der Waals surface area contributed by atoms with Crippen LogP contribution in [0.15, 0.2) is 17.7 Å². The quantitative estimate of drug-likeness (QED) is 0.321. The van der Waals surface area contributed by atoms with E-state index >= 15 is 0 Å². The second-order valence-electron chi connectivity index (χ2n) is 3.96. The van der Waals surface area contributed by atoms with Crippen LogP contribution in [0.2, 0.25) is 0 Å². The second kappa shape index (κ2) is 5.83.